The third kappa shape index (κ3) is 78.5. The maximum absolute atomic E-state index is 13.1. The molecule has 0 aliphatic heterocycles. The normalized spacial score (nSPS) is 14.2. The van der Waals surface area contributed by atoms with Crippen LogP contribution in [0.25, 0.3) is 0 Å². The highest BCUT2D eigenvalue weighted by Crippen LogP contribution is 2.45. The minimum absolute atomic E-state index is 0.106. The van der Waals surface area contributed by atoms with Gasteiger partial charge in [-0.2, -0.15) is 0 Å². The molecular weight excluding hydrogens is 1370 g/mol. The first-order chi connectivity index (χ1) is 50.6. The number of aliphatic hydroxyl groups is 1. The summed E-state index contributed by atoms with van der Waals surface area (Å²) in [7, 11) is -9.93. The van der Waals surface area contributed by atoms with Crippen LogP contribution in [0.3, 0.4) is 0 Å². The molecule has 0 radical (unpaired) electrons. The summed E-state index contributed by atoms with van der Waals surface area (Å²) >= 11 is 0. The van der Waals surface area contributed by atoms with Crippen molar-refractivity contribution < 1.29 is 80.2 Å². The molecule has 3 N–H and O–H groups in total. The van der Waals surface area contributed by atoms with Gasteiger partial charge in [-0.15, -0.1) is 0 Å². The lowest BCUT2D eigenvalue weighted by molar-refractivity contribution is -0.161. The number of carbonyl (C=O) groups is 4. The zero-order valence-corrected chi connectivity index (χ0v) is 71.2. The second-order valence-electron chi connectivity index (χ2n) is 32.6. The van der Waals surface area contributed by atoms with E-state index in [1.165, 1.54) is 244 Å². The first-order valence-electron chi connectivity index (χ1n) is 44.2. The van der Waals surface area contributed by atoms with E-state index in [1.54, 1.807) is 0 Å². The van der Waals surface area contributed by atoms with Crippen LogP contribution in [-0.2, 0) is 65.4 Å². The fourth-order valence-corrected chi connectivity index (χ4v) is 14.9. The van der Waals surface area contributed by atoms with Gasteiger partial charge in [0.1, 0.15) is 19.3 Å². The van der Waals surface area contributed by atoms with Gasteiger partial charge >= 0.3 is 39.5 Å². The third-order valence-corrected chi connectivity index (χ3v) is 22.3. The van der Waals surface area contributed by atoms with E-state index < -0.39 is 97.5 Å². The molecule has 0 amide bonds. The minimum Gasteiger partial charge on any atom is -0.462 e. The Morgan fingerprint density at radius 2 is 0.457 bits per heavy atom. The molecule has 0 saturated heterocycles. The molecule has 0 bridgehead atoms. The first kappa shape index (κ1) is 103. The molecule has 0 fully saturated rings. The molecule has 17 nitrogen and oxygen atoms in total. The van der Waals surface area contributed by atoms with E-state index >= 15 is 0 Å². The quantitative estimate of drug-likeness (QED) is 0.0222. The van der Waals surface area contributed by atoms with E-state index in [4.69, 9.17) is 37.0 Å². The molecule has 0 rings (SSSR count). The van der Waals surface area contributed by atoms with E-state index in [9.17, 15) is 43.2 Å². The highest BCUT2D eigenvalue weighted by Gasteiger charge is 2.31. The smallest absolute Gasteiger partial charge is 0.462 e. The average Bonchev–Trinajstić information content (AvgIpc) is 0.914. The van der Waals surface area contributed by atoms with Crippen molar-refractivity contribution in [1.29, 1.82) is 0 Å². The summed E-state index contributed by atoms with van der Waals surface area (Å²) in [5.74, 6) is 1.04. The third-order valence-electron chi connectivity index (χ3n) is 20.4. The van der Waals surface area contributed by atoms with Gasteiger partial charge < -0.3 is 33.8 Å². The molecule has 0 aromatic carbocycles. The van der Waals surface area contributed by atoms with Crippen LogP contribution in [0.15, 0.2) is 0 Å². The van der Waals surface area contributed by atoms with E-state index in [1.807, 2.05) is 0 Å². The maximum Gasteiger partial charge on any atom is 0.472 e. The van der Waals surface area contributed by atoms with Gasteiger partial charge in [-0.25, -0.2) is 9.13 Å². The number of phosphoric ester groups is 2. The fourth-order valence-electron chi connectivity index (χ4n) is 13.3. The number of carbonyl (C=O) groups excluding carboxylic acids is 4. The Morgan fingerprint density at radius 3 is 0.676 bits per heavy atom. The van der Waals surface area contributed by atoms with Crippen molar-refractivity contribution >= 4 is 39.5 Å². The predicted molar refractivity (Wildman–Crippen MR) is 432 cm³/mol. The van der Waals surface area contributed by atoms with Crippen molar-refractivity contribution in [2.45, 2.75) is 465 Å². The van der Waals surface area contributed by atoms with Gasteiger partial charge in [-0.3, -0.25) is 37.3 Å². The molecule has 0 aromatic rings. The van der Waals surface area contributed by atoms with Gasteiger partial charge in [0.05, 0.1) is 26.4 Å². The summed E-state index contributed by atoms with van der Waals surface area (Å²) in [6.07, 6.45) is 64.0. The Balaban J connectivity index is 5.22. The molecule has 105 heavy (non-hydrogen) atoms. The largest absolute Gasteiger partial charge is 0.472 e. The molecule has 19 heteroatoms. The second kappa shape index (κ2) is 74.8. The van der Waals surface area contributed by atoms with Crippen LogP contribution < -0.4 is 0 Å². The van der Waals surface area contributed by atoms with Crippen molar-refractivity contribution in [2.75, 3.05) is 39.6 Å². The topological polar surface area (TPSA) is 237 Å². The van der Waals surface area contributed by atoms with Crippen molar-refractivity contribution in [1.82, 2.24) is 0 Å². The van der Waals surface area contributed by atoms with Gasteiger partial charge in [-0.05, 0) is 49.4 Å². The van der Waals surface area contributed by atoms with Crippen LogP contribution in [0.2, 0.25) is 0 Å². The van der Waals surface area contributed by atoms with Crippen LogP contribution in [0, 0.1) is 23.7 Å². The van der Waals surface area contributed by atoms with Gasteiger partial charge in [0.15, 0.2) is 12.2 Å². The minimum atomic E-state index is -4.97. The highest BCUT2D eigenvalue weighted by atomic mass is 31.2. The molecule has 0 saturated carbocycles. The zero-order chi connectivity index (χ0) is 77.4. The number of hydrogen-bond acceptors (Lipinski definition) is 15. The first-order valence-corrected chi connectivity index (χ1v) is 47.2. The van der Waals surface area contributed by atoms with Gasteiger partial charge in [0.25, 0.3) is 0 Å². The highest BCUT2D eigenvalue weighted by molar-refractivity contribution is 7.47. The van der Waals surface area contributed by atoms with Crippen LogP contribution in [0.5, 0.6) is 0 Å². The summed E-state index contributed by atoms with van der Waals surface area (Å²) in [4.78, 5) is 73.2. The van der Waals surface area contributed by atoms with Crippen molar-refractivity contribution in [3.05, 3.63) is 0 Å². The van der Waals surface area contributed by atoms with E-state index in [0.717, 1.165) is 114 Å². The number of phosphoric acid groups is 2. The Bertz CT molecular complexity index is 2040. The van der Waals surface area contributed by atoms with E-state index in [0.29, 0.717) is 31.6 Å². The molecule has 0 spiro atoms. The van der Waals surface area contributed by atoms with Crippen molar-refractivity contribution in [3.8, 4) is 0 Å². The van der Waals surface area contributed by atoms with Crippen LogP contribution >= 0.6 is 15.6 Å². The lowest BCUT2D eigenvalue weighted by Gasteiger charge is -2.21. The predicted octanol–water partition coefficient (Wildman–Crippen LogP) is 25.9. The molecule has 3 unspecified atom stereocenters. The lowest BCUT2D eigenvalue weighted by atomic mass is 9.99. The number of rotatable bonds is 83. The second-order valence-corrected chi connectivity index (χ2v) is 35.5. The zero-order valence-electron chi connectivity index (χ0n) is 69.4. The Labute approximate surface area is 645 Å². The van der Waals surface area contributed by atoms with Crippen LogP contribution in [0.1, 0.15) is 447 Å². The van der Waals surface area contributed by atoms with Crippen LogP contribution in [0.4, 0.5) is 0 Å². The number of unbranched alkanes of at least 4 members (excludes halogenated alkanes) is 48. The number of ether oxygens (including phenoxy) is 4. The summed E-state index contributed by atoms with van der Waals surface area (Å²) in [5.41, 5.74) is 0. The monoisotopic (exact) mass is 1540 g/mol. The van der Waals surface area contributed by atoms with Gasteiger partial charge in [0.2, 0.25) is 0 Å². The standard InChI is InChI=1S/C86H168O17P2/c1-9-79(8)65-57-49-40-34-28-22-18-19-25-31-37-43-53-61-69-86(91)103-82(73-97-84(89)67-59-51-45-44-48-56-64-78(6)7)75-101-105(94,95)99-71-80(87)70-98-104(92,93)100-74-81(102-85(90)68-60-52-42-36-30-24-17-13-11-15-21-27-33-39-47-55-63-77(4)5)72-96-83(88)66-58-50-41-35-29-23-16-12-10-14-20-26-32-38-46-54-62-76(2)3/h76-82,87H,9-75H2,1-8H3,(H,92,93)(H,94,95)/t79?,80-,81-,82-/m1/s1. The Kier molecular flexibility index (Phi) is 73.4. The van der Waals surface area contributed by atoms with Gasteiger partial charge in [-0.1, -0.05) is 396 Å². The van der Waals surface area contributed by atoms with E-state index in [-0.39, 0.29) is 25.7 Å². The molecular formula is C86H168O17P2. The molecule has 624 valence electrons. The Morgan fingerprint density at radius 1 is 0.267 bits per heavy atom. The van der Waals surface area contributed by atoms with Crippen molar-refractivity contribution in [2.24, 2.45) is 23.7 Å². The number of esters is 4. The Hall–Kier alpha value is -1.94. The SMILES string of the molecule is CCC(C)CCCCCCCCCCCCCCCCC(=O)O[C@H](COC(=O)CCCCCCCCC(C)C)COP(=O)(O)OC[C@H](O)COP(=O)(O)OC[C@@H](COC(=O)CCCCCCCCCCCCCCCCCCC(C)C)OC(=O)CCCCCCCCCCCCCCCCCCC(C)C. The summed E-state index contributed by atoms with van der Waals surface area (Å²) < 4.78 is 68.9. The van der Waals surface area contributed by atoms with Crippen molar-refractivity contribution in [3.63, 3.8) is 0 Å². The molecule has 0 heterocycles. The molecule has 0 aliphatic rings. The maximum atomic E-state index is 13.1. The fraction of sp³-hybridized carbons (Fsp3) is 0.953. The summed E-state index contributed by atoms with van der Waals surface area (Å²) in [5, 5.41) is 10.7. The lowest BCUT2D eigenvalue weighted by Crippen LogP contribution is -2.30. The molecule has 0 aliphatic carbocycles. The summed E-state index contributed by atoms with van der Waals surface area (Å²) in [6, 6.07) is 0. The molecule has 0 aromatic heterocycles. The van der Waals surface area contributed by atoms with Crippen LogP contribution in [-0.4, -0.2) is 96.7 Å². The van der Waals surface area contributed by atoms with E-state index in [2.05, 4.69) is 55.4 Å². The number of hydrogen-bond donors (Lipinski definition) is 3. The molecule has 6 atom stereocenters. The van der Waals surface area contributed by atoms with Gasteiger partial charge in [0, 0.05) is 25.7 Å². The summed E-state index contributed by atoms with van der Waals surface area (Å²) in [6.45, 7) is 14.3. The number of aliphatic hydroxyl groups excluding tert-OH is 1. The average molecular weight is 1540 g/mol.